The van der Waals surface area contributed by atoms with E-state index in [9.17, 15) is 4.79 Å². The van der Waals surface area contributed by atoms with Crippen LogP contribution >= 0.6 is 0 Å². The molecule has 0 aromatic carbocycles. The van der Waals surface area contributed by atoms with Gasteiger partial charge in [-0.25, -0.2) is 0 Å². The molecule has 0 radical (unpaired) electrons. The van der Waals surface area contributed by atoms with Gasteiger partial charge in [-0.1, -0.05) is 13.8 Å². The Morgan fingerprint density at radius 1 is 1.35 bits per heavy atom. The predicted molar refractivity (Wildman–Crippen MR) is 71.0 cm³/mol. The molecule has 1 unspecified atom stereocenters. The van der Waals surface area contributed by atoms with E-state index in [-0.39, 0.29) is 5.97 Å². The van der Waals surface area contributed by atoms with Crippen LogP contribution in [0.25, 0.3) is 0 Å². The summed E-state index contributed by atoms with van der Waals surface area (Å²) in [5, 5.41) is 3.39. The standard InChI is InChI=1S/C13H28N2O2/c1-7-15(8-2)9-11(3)14-10-13(4,5)12(16)17-6/h11,14H,7-10H2,1-6H3. The molecule has 1 atom stereocenters. The summed E-state index contributed by atoms with van der Waals surface area (Å²) in [6, 6.07) is 0.374. The zero-order chi connectivity index (χ0) is 13.5. The number of nitrogens with one attached hydrogen (secondary N) is 1. The lowest BCUT2D eigenvalue weighted by molar-refractivity contribution is -0.150. The molecule has 0 spiro atoms. The molecule has 4 heteroatoms. The Bertz CT molecular complexity index is 225. The van der Waals surface area contributed by atoms with Crippen LogP contribution in [-0.2, 0) is 9.53 Å². The Morgan fingerprint density at radius 2 is 1.88 bits per heavy atom. The first-order valence-corrected chi connectivity index (χ1v) is 6.41. The fourth-order valence-corrected chi connectivity index (χ4v) is 1.71. The summed E-state index contributed by atoms with van der Waals surface area (Å²) in [5.74, 6) is -0.167. The lowest BCUT2D eigenvalue weighted by Gasteiger charge is -2.27. The number of hydrogen-bond acceptors (Lipinski definition) is 4. The summed E-state index contributed by atoms with van der Waals surface area (Å²) in [5.41, 5.74) is -0.466. The van der Waals surface area contributed by atoms with Crippen molar-refractivity contribution < 1.29 is 9.53 Å². The highest BCUT2D eigenvalue weighted by Crippen LogP contribution is 2.15. The molecule has 1 N–H and O–H groups in total. The van der Waals surface area contributed by atoms with Crippen molar-refractivity contribution in [3.05, 3.63) is 0 Å². The Labute approximate surface area is 106 Å². The Kier molecular flexibility index (Phi) is 7.39. The second-order valence-corrected chi connectivity index (χ2v) is 5.14. The van der Waals surface area contributed by atoms with Crippen molar-refractivity contribution in [2.75, 3.05) is 33.3 Å². The molecule has 0 bridgehead atoms. The first-order valence-electron chi connectivity index (χ1n) is 6.41. The van der Waals surface area contributed by atoms with Crippen molar-refractivity contribution in [2.24, 2.45) is 5.41 Å². The molecule has 4 nitrogen and oxygen atoms in total. The van der Waals surface area contributed by atoms with E-state index in [0.29, 0.717) is 12.6 Å². The third kappa shape index (κ3) is 6.03. The summed E-state index contributed by atoms with van der Waals surface area (Å²) in [6.45, 7) is 14.0. The van der Waals surface area contributed by atoms with Crippen LogP contribution in [0, 0.1) is 5.41 Å². The Hall–Kier alpha value is -0.610. The van der Waals surface area contributed by atoms with Crippen LogP contribution in [0.1, 0.15) is 34.6 Å². The van der Waals surface area contributed by atoms with Crippen molar-refractivity contribution in [3.8, 4) is 0 Å². The van der Waals surface area contributed by atoms with Crippen LogP contribution < -0.4 is 5.32 Å². The minimum Gasteiger partial charge on any atom is -0.469 e. The molecule has 0 saturated heterocycles. The van der Waals surface area contributed by atoms with Crippen molar-refractivity contribution in [2.45, 2.75) is 40.7 Å². The minimum absolute atomic E-state index is 0.167. The first kappa shape index (κ1) is 16.4. The lowest BCUT2D eigenvalue weighted by atomic mass is 9.93. The van der Waals surface area contributed by atoms with Gasteiger partial charge in [0.05, 0.1) is 12.5 Å². The zero-order valence-corrected chi connectivity index (χ0v) is 12.2. The average molecular weight is 244 g/mol. The zero-order valence-electron chi connectivity index (χ0n) is 12.2. The van der Waals surface area contributed by atoms with Crippen LogP contribution in [-0.4, -0.2) is 50.2 Å². The molecule has 17 heavy (non-hydrogen) atoms. The normalized spacial score (nSPS) is 13.8. The molecule has 0 aromatic heterocycles. The number of ether oxygens (including phenoxy) is 1. The van der Waals surface area contributed by atoms with E-state index in [0.717, 1.165) is 19.6 Å². The molecular formula is C13H28N2O2. The number of carbonyl (C=O) groups excluding carboxylic acids is 1. The van der Waals surface area contributed by atoms with Crippen molar-refractivity contribution >= 4 is 5.97 Å². The van der Waals surface area contributed by atoms with Gasteiger partial charge in [0.2, 0.25) is 0 Å². The van der Waals surface area contributed by atoms with Gasteiger partial charge in [-0.15, -0.1) is 0 Å². The molecule has 0 saturated carbocycles. The SMILES string of the molecule is CCN(CC)CC(C)NCC(C)(C)C(=O)OC. The van der Waals surface area contributed by atoms with Crippen LogP contribution in [0.2, 0.25) is 0 Å². The molecule has 0 rings (SSSR count). The summed E-state index contributed by atoms with van der Waals surface area (Å²) < 4.78 is 4.78. The molecule has 0 heterocycles. The van der Waals surface area contributed by atoms with Gasteiger partial charge in [0.1, 0.15) is 0 Å². The van der Waals surface area contributed by atoms with E-state index in [2.05, 4.69) is 31.0 Å². The van der Waals surface area contributed by atoms with E-state index in [1.54, 1.807) is 0 Å². The number of methoxy groups -OCH3 is 1. The number of hydrogen-bond donors (Lipinski definition) is 1. The smallest absolute Gasteiger partial charge is 0.312 e. The van der Waals surface area contributed by atoms with Gasteiger partial charge in [0.25, 0.3) is 0 Å². The average Bonchev–Trinajstić information content (AvgIpc) is 2.32. The quantitative estimate of drug-likeness (QED) is 0.657. The topological polar surface area (TPSA) is 41.6 Å². The van der Waals surface area contributed by atoms with E-state index in [1.807, 2.05) is 13.8 Å². The van der Waals surface area contributed by atoms with Gasteiger partial charge in [0, 0.05) is 19.1 Å². The number of nitrogens with zero attached hydrogens (tertiary/aromatic N) is 1. The van der Waals surface area contributed by atoms with Gasteiger partial charge in [-0.2, -0.15) is 0 Å². The van der Waals surface area contributed by atoms with Crippen LogP contribution in [0.15, 0.2) is 0 Å². The van der Waals surface area contributed by atoms with E-state index >= 15 is 0 Å². The summed E-state index contributed by atoms with van der Waals surface area (Å²) in [7, 11) is 1.43. The van der Waals surface area contributed by atoms with Crippen molar-refractivity contribution in [1.29, 1.82) is 0 Å². The lowest BCUT2D eigenvalue weighted by Crippen LogP contribution is -2.45. The van der Waals surface area contributed by atoms with Crippen molar-refractivity contribution in [3.63, 3.8) is 0 Å². The third-order valence-electron chi connectivity index (χ3n) is 3.06. The molecule has 0 amide bonds. The second kappa shape index (κ2) is 7.67. The number of esters is 1. The molecule has 0 aliphatic carbocycles. The fraction of sp³-hybridized carbons (Fsp3) is 0.923. The molecule has 102 valence electrons. The van der Waals surface area contributed by atoms with E-state index in [4.69, 9.17) is 4.74 Å². The molecular weight excluding hydrogens is 216 g/mol. The fourth-order valence-electron chi connectivity index (χ4n) is 1.71. The minimum atomic E-state index is -0.466. The summed E-state index contributed by atoms with van der Waals surface area (Å²) in [4.78, 5) is 13.9. The molecule has 0 aliphatic rings. The maximum atomic E-state index is 11.5. The highest BCUT2D eigenvalue weighted by Gasteiger charge is 2.28. The largest absolute Gasteiger partial charge is 0.469 e. The van der Waals surface area contributed by atoms with Crippen molar-refractivity contribution in [1.82, 2.24) is 10.2 Å². The predicted octanol–water partition coefficient (Wildman–Crippen LogP) is 1.51. The van der Waals surface area contributed by atoms with Gasteiger partial charge >= 0.3 is 5.97 Å². The van der Waals surface area contributed by atoms with Crippen LogP contribution in [0.3, 0.4) is 0 Å². The van der Waals surface area contributed by atoms with E-state index in [1.165, 1.54) is 7.11 Å². The maximum absolute atomic E-state index is 11.5. The van der Waals surface area contributed by atoms with Gasteiger partial charge < -0.3 is 15.0 Å². The van der Waals surface area contributed by atoms with Crippen LogP contribution in [0.5, 0.6) is 0 Å². The first-order chi connectivity index (χ1) is 7.87. The third-order valence-corrected chi connectivity index (χ3v) is 3.06. The highest BCUT2D eigenvalue weighted by atomic mass is 16.5. The molecule has 0 aromatic rings. The van der Waals surface area contributed by atoms with Crippen LogP contribution in [0.4, 0.5) is 0 Å². The van der Waals surface area contributed by atoms with Gasteiger partial charge in [-0.05, 0) is 33.9 Å². The Balaban J connectivity index is 4.06. The Morgan fingerprint density at radius 3 is 2.29 bits per heavy atom. The maximum Gasteiger partial charge on any atom is 0.312 e. The monoisotopic (exact) mass is 244 g/mol. The van der Waals surface area contributed by atoms with Gasteiger partial charge in [0.15, 0.2) is 0 Å². The number of rotatable bonds is 8. The van der Waals surface area contributed by atoms with E-state index < -0.39 is 5.41 Å². The number of carbonyl (C=O) groups is 1. The highest BCUT2D eigenvalue weighted by molar-refractivity contribution is 5.76. The molecule has 0 aliphatic heterocycles. The summed E-state index contributed by atoms with van der Waals surface area (Å²) >= 11 is 0. The second-order valence-electron chi connectivity index (χ2n) is 5.14. The molecule has 0 fully saturated rings. The number of likely N-dealkylation sites (N-methyl/N-ethyl adjacent to an activating group) is 1. The van der Waals surface area contributed by atoms with Gasteiger partial charge in [-0.3, -0.25) is 4.79 Å². The summed E-state index contributed by atoms with van der Waals surface area (Å²) in [6.07, 6.45) is 0.